The largest absolute Gasteiger partial charge is 0.477 e. The molecule has 0 aromatic carbocycles. The Hall–Kier alpha value is -0.220. The third-order valence-corrected chi connectivity index (χ3v) is 1.66. The number of carboxylic acids is 1. The molecule has 0 saturated heterocycles. The molecule has 0 aromatic heterocycles. The maximum absolute atomic E-state index is 10.1. The quantitative estimate of drug-likeness (QED) is 0.564. The molecule has 0 amide bonds. The Kier molecular flexibility index (Phi) is 4.53. The van der Waals surface area contributed by atoms with E-state index < -0.39 is 12.0 Å². The first-order chi connectivity index (χ1) is 4.18. The highest BCUT2D eigenvalue weighted by Gasteiger charge is 2.13. The van der Waals surface area contributed by atoms with Crippen molar-refractivity contribution in [3.8, 4) is 0 Å². The number of carbonyl (C=O) groups is 1. The van der Waals surface area contributed by atoms with Crippen molar-refractivity contribution >= 4 is 17.7 Å². The molecule has 3 nitrogen and oxygen atoms in total. The SMILES string of the molecule is CSCC[C@@H]([NH3+])C(=O)O. The molecule has 0 fully saturated rings. The molecule has 0 aliphatic heterocycles. The number of hydrogen-bond acceptors (Lipinski definition) is 2. The first kappa shape index (κ1) is 8.78. The minimum absolute atomic E-state index is 0.433. The Morgan fingerprint density at radius 2 is 2.44 bits per heavy atom. The Morgan fingerprint density at radius 1 is 1.89 bits per heavy atom. The average Bonchev–Trinajstić information content (AvgIpc) is 1.82. The van der Waals surface area contributed by atoms with Crippen LogP contribution < -0.4 is 5.73 Å². The van der Waals surface area contributed by atoms with Gasteiger partial charge in [-0.2, -0.15) is 11.8 Å². The van der Waals surface area contributed by atoms with E-state index in [2.05, 4.69) is 5.73 Å². The molecule has 4 heteroatoms. The molecule has 0 saturated carbocycles. The van der Waals surface area contributed by atoms with E-state index in [0.29, 0.717) is 6.42 Å². The van der Waals surface area contributed by atoms with Gasteiger partial charge >= 0.3 is 5.97 Å². The average molecular weight is 150 g/mol. The maximum Gasteiger partial charge on any atom is 0.362 e. The van der Waals surface area contributed by atoms with Gasteiger partial charge in [-0.3, -0.25) is 0 Å². The second-order valence-corrected chi connectivity index (χ2v) is 2.80. The number of thioether (sulfide) groups is 1. The van der Waals surface area contributed by atoms with Gasteiger partial charge in [0, 0.05) is 6.42 Å². The molecule has 54 valence electrons. The number of rotatable bonds is 4. The first-order valence-corrected chi connectivity index (χ1v) is 4.12. The Bertz CT molecular complexity index is 97.0. The van der Waals surface area contributed by atoms with Crippen LogP contribution in [0.3, 0.4) is 0 Å². The first-order valence-electron chi connectivity index (χ1n) is 2.73. The number of carboxylic acid groups (broad SMARTS) is 1. The predicted octanol–water partition coefficient (Wildman–Crippen LogP) is -0.565. The van der Waals surface area contributed by atoms with Crippen molar-refractivity contribution in [1.29, 1.82) is 0 Å². The van der Waals surface area contributed by atoms with Gasteiger partial charge in [0.15, 0.2) is 6.04 Å². The van der Waals surface area contributed by atoms with Crippen molar-refractivity contribution in [2.75, 3.05) is 12.0 Å². The highest BCUT2D eigenvalue weighted by atomic mass is 32.2. The summed E-state index contributed by atoms with van der Waals surface area (Å²) in [5, 5.41) is 8.34. The van der Waals surface area contributed by atoms with E-state index in [-0.39, 0.29) is 0 Å². The fourth-order valence-corrected chi connectivity index (χ4v) is 0.904. The van der Waals surface area contributed by atoms with E-state index in [0.717, 1.165) is 5.75 Å². The predicted molar refractivity (Wildman–Crippen MR) is 37.3 cm³/mol. The lowest BCUT2D eigenvalue weighted by atomic mass is 10.2. The van der Waals surface area contributed by atoms with Crippen LogP contribution in [0.1, 0.15) is 6.42 Å². The Morgan fingerprint density at radius 3 is 2.78 bits per heavy atom. The second-order valence-electron chi connectivity index (χ2n) is 1.82. The summed E-state index contributed by atoms with van der Waals surface area (Å²) in [6, 6.07) is -0.433. The van der Waals surface area contributed by atoms with Crippen molar-refractivity contribution in [2.24, 2.45) is 0 Å². The molecule has 0 aliphatic carbocycles. The highest BCUT2D eigenvalue weighted by Crippen LogP contribution is 1.96. The molecule has 4 N–H and O–H groups in total. The molecule has 0 spiro atoms. The van der Waals surface area contributed by atoms with E-state index in [1.807, 2.05) is 6.26 Å². The summed E-state index contributed by atoms with van der Waals surface area (Å²) in [4.78, 5) is 10.1. The summed E-state index contributed by atoms with van der Waals surface area (Å²) in [5.74, 6) is 0.0737. The van der Waals surface area contributed by atoms with Gasteiger partial charge in [0.25, 0.3) is 0 Å². The van der Waals surface area contributed by atoms with Crippen molar-refractivity contribution < 1.29 is 15.6 Å². The van der Waals surface area contributed by atoms with Crippen molar-refractivity contribution in [2.45, 2.75) is 12.5 Å². The summed E-state index contributed by atoms with van der Waals surface area (Å²) in [5.41, 5.74) is 3.46. The number of aliphatic carboxylic acids is 1. The second kappa shape index (κ2) is 4.64. The lowest BCUT2D eigenvalue weighted by Gasteiger charge is -1.98. The van der Waals surface area contributed by atoms with Crippen LogP contribution in [0, 0.1) is 0 Å². The van der Waals surface area contributed by atoms with Gasteiger partial charge in [0.05, 0.1) is 0 Å². The van der Waals surface area contributed by atoms with Gasteiger partial charge in [-0.1, -0.05) is 0 Å². The fraction of sp³-hybridized carbons (Fsp3) is 0.800. The van der Waals surface area contributed by atoms with Gasteiger partial charge in [-0.05, 0) is 12.0 Å². The van der Waals surface area contributed by atoms with Crippen LogP contribution in [0.25, 0.3) is 0 Å². The van der Waals surface area contributed by atoms with Crippen LogP contribution in [0.15, 0.2) is 0 Å². The normalized spacial score (nSPS) is 13.1. The van der Waals surface area contributed by atoms with E-state index in [1.54, 1.807) is 11.8 Å². The topological polar surface area (TPSA) is 64.9 Å². The van der Waals surface area contributed by atoms with Crippen molar-refractivity contribution in [1.82, 2.24) is 0 Å². The minimum Gasteiger partial charge on any atom is -0.477 e. The molecular weight excluding hydrogens is 138 g/mol. The standard InChI is InChI=1S/C5H11NO2S/c1-9-3-2-4(6)5(7)8/h4H,2-3,6H2,1H3,(H,7,8)/p+1/t4-/m1/s1. The summed E-state index contributed by atoms with van der Waals surface area (Å²) in [6.07, 6.45) is 2.62. The number of hydrogen-bond donors (Lipinski definition) is 2. The van der Waals surface area contributed by atoms with Gasteiger partial charge in [-0.25, -0.2) is 4.79 Å². The van der Waals surface area contributed by atoms with Gasteiger partial charge in [0.2, 0.25) is 0 Å². The van der Waals surface area contributed by atoms with E-state index in [9.17, 15) is 4.79 Å². The molecule has 0 heterocycles. The molecular formula is C5H12NO2S+. The van der Waals surface area contributed by atoms with E-state index in [4.69, 9.17) is 5.11 Å². The lowest BCUT2D eigenvalue weighted by molar-refractivity contribution is -0.407. The van der Waals surface area contributed by atoms with Gasteiger partial charge < -0.3 is 10.8 Å². The van der Waals surface area contributed by atoms with Crippen molar-refractivity contribution in [3.05, 3.63) is 0 Å². The van der Waals surface area contributed by atoms with Crippen LogP contribution >= 0.6 is 11.8 Å². The minimum atomic E-state index is -0.802. The van der Waals surface area contributed by atoms with Gasteiger partial charge in [-0.15, -0.1) is 0 Å². The molecule has 9 heavy (non-hydrogen) atoms. The molecule has 0 bridgehead atoms. The molecule has 0 aromatic rings. The number of quaternary nitrogens is 1. The molecule has 0 aliphatic rings. The molecule has 0 unspecified atom stereocenters. The Labute approximate surface area is 58.6 Å². The third-order valence-electron chi connectivity index (χ3n) is 1.02. The summed E-state index contributed by atoms with van der Waals surface area (Å²) in [6.45, 7) is 0. The zero-order valence-electron chi connectivity index (χ0n) is 5.46. The van der Waals surface area contributed by atoms with Crippen LogP contribution in [0.4, 0.5) is 0 Å². The van der Waals surface area contributed by atoms with Crippen LogP contribution in [0.5, 0.6) is 0 Å². The highest BCUT2D eigenvalue weighted by molar-refractivity contribution is 7.98. The summed E-state index contributed by atoms with van der Waals surface area (Å²) >= 11 is 1.64. The summed E-state index contributed by atoms with van der Waals surface area (Å²) in [7, 11) is 0. The van der Waals surface area contributed by atoms with Crippen LogP contribution in [-0.4, -0.2) is 29.1 Å². The monoisotopic (exact) mass is 150 g/mol. The Balaban J connectivity index is 3.27. The zero-order valence-corrected chi connectivity index (χ0v) is 6.28. The molecule has 1 atom stereocenters. The lowest BCUT2D eigenvalue weighted by Crippen LogP contribution is -2.65. The fourth-order valence-electron chi connectivity index (χ4n) is 0.384. The van der Waals surface area contributed by atoms with Crippen LogP contribution in [0.2, 0.25) is 0 Å². The van der Waals surface area contributed by atoms with Gasteiger partial charge in [0.1, 0.15) is 0 Å². The van der Waals surface area contributed by atoms with E-state index in [1.165, 1.54) is 0 Å². The molecule has 0 radical (unpaired) electrons. The zero-order chi connectivity index (χ0) is 7.28. The third kappa shape index (κ3) is 4.29. The van der Waals surface area contributed by atoms with E-state index >= 15 is 0 Å². The maximum atomic E-state index is 10.1. The smallest absolute Gasteiger partial charge is 0.362 e. The van der Waals surface area contributed by atoms with Crippen molar-refractivity contribution in [3.63, 3.8) is 0 Å². The van der Waals surface area contributed by atoms with Crippen LogP contribution in [-0.2, 0) is 4.79 Å². The molecule has 0 rings (SSSR count). The summed E-state index contributed by atoms with van der Waals surface area (Å²) < 4.78 is 0.